The van der Waals surface area contributed by atoms with Crippen LogP contribution in [-0.4, -0.2) is 22.2 Å². The first-order chi connectivity index (χ1) is 6.63. The molecule has 0 aliphatic rings. The van der Waals surface area contributed by atoms with E-state index in [0.29, 0.717) is 0 Å². The summed E-state index contributed by atoms with van der Waals surface area (Å²) in [5.74, 6) is -1.48. The number of hydrogen-bond acceptors (Lipinski definition) is 2. The largest absolute Gasteiger partial charge is 0.481 e. The van der Waals surface area contributed by atoms with Crippen LogP contribution < -0.4 is 0 Å². The van der Waals surface area contributed by atoms with Crippen molar-refractivity contribution in [3.05, 3.63) is 0 Å². The van der Waals surface area contributed by atoms with Gasteiger partial charge in [-0.1, -0.05) is 25.7 Å². The number of rotatable bonds is 9. The Hall–Kier alpha value is -0.320. The standard InChI is InChI=1S/C10H18O4.Ag/c11-9(12)7-5-3-1-2-4-6-8-10(13)14;/h1-8H2,(H,11,12)(H,13,14);. The van der Waals surface area contributed by atoms with Gasteiger partial charge in [0.1, 0.15) is 0 Å². The number of aliphatic carboxylic acids is 2. The average Bonchev–Trinajstić information content (AvgIpc) is 2.08. The first kappa shape index (κ1) is 17.1. The molecule has 0 aliphatic carbocycles. The van der Waals surface area contributed by atoms with Gasteiger partial charge in [-0.3, -0.25) is 9.59 Å². The van der Waals surface area contributed by atoms with E-state index in [1.54, 1.807) is 0 Å². The van der Waals surface area contributed by atoms with Gasteiger partial charge in [0, 0.05) is 35.2 Å². The molecule has 0 aromatic heterocycles. The van der Waals surface area contributed by atoms with Crippen LogP contribution in [0.25, 0.3) is 0 Å². The maximum atomic E-state index is 10.1. The van der Waals surface area contributed by atoms with Gasteiger partial charge in [-0.05, 0) is 12.8 Å². The van der Waals surface area contributed by atoms with Gasteiger partial charge in [-0.25, -0.2) is 0 Å². The quantitative estimate of drug-likeness (QED) is 0.506. The number of hydrogen-bond donors (Lipinski definition) is 2. The van der Waals surface area contributed by atoms with Crippen molar-refractivity contribution in [2.75, 3.05) is 0 Å². The van der Waals surface area contributed by atoms with Crippen LogP contribution in [0, 0.1) is 0 Å². The Kier molecular flexibility index (Phi) is 13.4. The van der Waals surface area contributed by atoms with Crippen LogP contribution in [0.4, 0.5) is 0 Å². The van der Waals surface area contributed by atoms with Gasteiger partial charge in [0.25, 0.3) is 0 Å². The zero-order valence-electron chi connectivity index (χ0n) is 8.67. The fourth-order valence-corrected chi connectivity index (χ4v) is 1.26. The molecule has 0 unspecified atom stereocenters. The van der Waals surface area contributed by atoms with Crippen LogP contribution in [0.1, 0.15) is 51.4 Å². The molecule has 0 amide bonds. The summed E-state index contributed by atoms with van der Waals surface area (Å²) in [6.07, 6.45) is 5.82. The van der Waals surface area contributed by atoms with E-state index in [1.165, 1.54) is 0 Å². The molecule has 0 spiro atoms. The second kappa shape index (κ2) is 11.8. The summed E-state index contributed by atoms with van der Waals surface area (Å²) in [6.45, 7) is 0. The molecule has 15 heavy (non-hydrogen) atoms. The van der Waals surface area contributed by atoms with Crippen molar-refractivity contribution in [3.63, 3.8) is 0 Å². The molecule has 0 saturated carbocycles. The molecule has 0 atom stereocenters. The van der Waals surface area contributed by atoms with E-state index in [1.807, 2.05) is 0 Å². The van der Waals surface area contributed by atoms with Gasteiger partial charge < -0.3 is 10.2 Å². The molecule has 93 valence electrons. The van der Waals surface area contributed by atoms with E-state index in [9.17, 15) is 9.59 Å². The van der Waals surface area contributed by atoms with Crippen LogP contribution in [0.5, 0.6) is 0 Å². The molecule has 0 bridgehead atoms. The predicted molar refractivity (Wildman–Crippen MR) is 52.2 cm³/mol. The molecule has 5 heteroatoms. The van der Waals surface area contributed by atoms with Crippen molar-refractivity contribution < 1.29 is 42.2 Å². The zero-order valence-corrected chi connectivity index (χ0v) is 10.2. The predicted octanol–water partition coefficient (Wildman–Crippen LogP) is 2.27. The summed E-state index contributed by atoms with van der Waals surface area (Å²) in [5, 5.41) is 16.7. The SMILES string of the molecule is O=C(O)CCCCCCCCC(=O)O.[Ag]. The number of carboxylic acids is 2. The first-order valence-electron chi connectivity index (χ1n) is 5.06. The van der Waals surface area contributed by atoms with Gasteiger partial charge in [-0.15, -0.1) is 0 Å². The molecule has 1 radical (unpaired) electrons. The van der Waals surface area contributed by atoms with Gasteiger partial charge in [-0.2, -0.15) is 0 Å². The van der Waals surface area contributed by atoms with Gasteiger partial charge in [0.05, 0.1) is 0 Å². The van der Waals surface area contributed by atoms with Crippen molar-refractivity contribution in [2.24, 2.45) is 0 Å². The third-order valence-electron chi connectivity index (χ3n) is 2.03. The molecular formula is C10H18AgO4. The van der Waals surface area contributed by atoms with E-state index in [0.717, 1.165) is 38.5 Å². The third kappa shape index (κ3) is 16.4. The summed E-state index contributed by atoms with van der Waals surface area (Å²) in [5.41, 5.74) is 0. The molecule has 0 saturated heterocycles. The number of carboxylic acid groups (broad SMARTS) is 2. The molecule has 4 nitrogen and oxygen atoms in total. The van der Waals surface area contributed by atoms with Crippen molar-refractivity contribution in [1.82, 2.24) is 0 Å². The minimum atomic E-state index is -0.740. The molecule has 0 heterocycles. The minimum absolute atomic E-state index is 0. The first-order valence-corrected chi connectivity index (χ1v) is 5.06. The van der Waals surface area contributed by atoms with E-state index < -0.39 is 11.9 Å². The molecule has 0 fully saturated rings. The van der Waals surface area contributed by atoms with E-state index in [-0.39, 0.29) is 35.2 Å². The monoisotopic (exact) mass is 309 g/mol. The van der Waals surface area contributed by atoms with E-state index >= 15 is 0 Å². The Labute approximate surface area is 106 Å². The summed E-state index contributed by atoms with van der Waals surface area (Å²) in [7, 11) is 0. The average molecular weight is 310 g/mol. The molecule has 0 aliphatic heterocycles. The Morgan fingerprint density at radius 2 is 0.933 bits per heavy atom. The van der Waals surface area contributed by atoms with Gasteiger partial charge in [0.2, 0.25) is 0 Å². The maximum absolute atomic E-state index is 10.1. The van der Waals surface area contributed by atoms with Crippen LogP contribution in [0.2, 0.25) is 0 Å². The Morgan fingerprint density at radius 1 is 0.667 bits per heavy atom. The van der Waals surface area contributed by atoms with E-state index in [4.69, 9.17) is 10.2 Å². The second-order valence-corrected chi connectivity index (χ2v) is 3.41. The maximum Gasteiger partial charge on any atom is 0.303 e. The second-order valence-electron chi connectivity index (χ2n) is 3.41. The summed E-state index contributed by atoms with van der Waals surface area (Å²) >= 11 is 0. The summed E-state index contributed by atoms with van der Waals surface area (Å²) in [4.78, 5) is 20.3. The van der Waals surface area contributed by atoms with Crippen molar-refractivity contribution in [1.29, 1.82) is 0 Å². The van der Waals surface area contributed by atoms with Gasteiger partial charge >= 0.3 is 11.9 Å². The zero-order chi connectivity index (χ0) is 10.8. The Morgan fingerprint density at radius 3 is 1.20 bits per heavy atom. The fourth-order valence-electron chi connectivity index (χ4n) is 1.26. The Bertz CT molecular complexity index is 162. The normalized spacial score (nSPS) is 9.33. The summed E-state index contributed by atoms with van der Waals surface area (Å²) < 4.78 is 0. The molecule has 0 aromatic carbocycles. The molecule has 0 aromatic rings. The molecule has 0 rings (SSSR count). The van der Waals surface area contributed by atoms with Crippen LogP contribution in [0.15, 0.2) is 0 Å². The van der Waals surface area contributed by atoms with Crippen molar-refractivity contribution in [2.45, 2.75) is 51.4 Å². The van der Waals surface area contributed by atoms with Crippen LogP contribution in [-0.2, 0) is 32.0 Å². The topological polar surface area (TPSA) is 74.6 Å². The third-order valence-corrected chi connectivity index (χ3v) is 2.03. The minimum Gasteiger partial charge on any atom is -0.481 e. The smallest absolute Gasteiger partial charge is 0.303 e. The Balaban J connectivity index is 0. The summed E-state index contributed by atoms with van der Waals surface area (Å²) in [6, 6.07) is 0. The van der Waals surface area contributed by atoms with Gasteiger partial charge in [0.15, 0.2) is 0 Å². The van der Waals surface area contributed by atoms with Crippen LogP contribution in [0.3, 0.4) is 0 Å². The van der Waals surface area contributed by atoms with E-state index in [2.05, 4.69) is 0 Å². The fraction of sp³-hybridized carbons (Fsp3) is 0.800. The number of unbranched alkanes of at least 4 members (excludes halogenated alkanes) is 5. The van der Waals surface area contributed by atoms with Crippen molar-refractivity contribution >= 4 is 11.9 Å². The molecule has 2 N–H and O–H groups in total. The van der Waals surface area contributed by atoms with Crippen LogP contribution >= 0.6 is 0 Å². The molecular weight excluding hydrogens is 292 g/mol. The number of carbonyl (C=O) groups is 2. The van der Waals surface area contributed by atoms with Crippen molar-refractivity contribution in [3.8, 4) is 0 Å².